The highest BCUT2D eigenvalue weighted by atomic mass is 32.2. The van der Waals surface area contributed by atoms with Gasteiger partial charge in [0.1, 0.15) is 18.9 Å². The fourth-order valence-electron chi connectivity index (χ4n) is 2.11. The molecule has 0 radical (unpaired) electrons. The van der Waals surface area contributed by atoms with Gasteiger partial charge in [0.15, 0.2) is 0 Å². The molecule has 1 aromatic carbocycles. The van der Waals surface area contributed by atoms with Crippen LogP contribution in [0.1, 0.15) is 11.1 Å². The van der Waals surface area contributed by atoms with Crippen molar-refractivity contribution >= 4 is 22.9 Å². The van der Waals surface area contributed by atoms with E-state index in [2.05, 4.69) is 11.4 Å². The predicted octanol–water partition coefficient (Wildman–Crippen LogP) is 1.97. The van der Waals surface area contributed by atoms with Crippen LogP contribution in [0.3, 0.4) is 0 Å². The molecular formula is C15H20N2O3S. The minimum absolute atomic E-state index is 0.0170. The van der Waals surface area contributed by atoms with Crippen LogP contribution in [0.5, 0.6) is 5.75 Å². The summed E-state index contributed by atoms with van der Waals surface area (Å²) in [6, 6.07) is 5.99. The van der Waals surface area contributed by atoms with Gasteiger partial charge in [-0.15, -0.1) is 0 Å². The lowest BCUT2D eigenvalue weighted by Gasteiger charge is -2.14. The Bertz CT molecular complexity index is 534. The lowest BCUT2D eigenvalue weighted by Crippen LogP contribution is -2.38. The zero-order valence-corrected chi connectivity index (χ0v) is 13.2. The van der Waals surface area contributed by atoms with Crippen LogP contribution < -0.4 is 10.1 Å². The molecule has 1 aliphatic rings. The van der Waals surface area contributed by atoms with E-state index in [1.54, 1.807) is 4.90 Å². The second-order valence-corrected chi connectivity index (χ2v) is 6.05. The molecular weight excluding hydrogens is 288 g/mol. The lowest BCUT2D eigenvalue weighted by atomic mass is 10.1. The maximum Gasteiger partial charge on any atom is 0.282 e. The van der Waals surface area contributed by atoms with Crippen molar-refractivity contribution in [2.75, 3.05) is 32.0 Å². The number of ether oxygens (including phenoxy) is 1. The summed E-state index contributed by atoms with van der Waals surface area (Å²) in [5.74, 6) is 1.46. The van der Waals surface area contributed by atoms with E-state index in [0.717, 1.165) is 17.1 Å². The highest BCUT2D eigenvalue weighted by molar-refractivity contribution is 8.13. The van der Waals surface area contributed by atoms with Gasteiger partial charge in [0.05, 0.1) is 6.54 Å². The number of benzene rings is 1. The molecule has 1 heterocycles. The Kier molecular flexibility index (Phi) is 5.50. The van der Waals surface area contributed by atoms with Crippen molar-refractivity contribution in [3.05, 3.63) is 29.3 Å². The van der Waals surface area contributed by atoms with Gasteiger partial charge < -0.3 is 15.0 Å². The molecule has 0 spiro atoms. The summed E-state index contributed by atoms with van der Waals surface area (Å²) in [6.45, 7) is 5.66. The highest BCUT2D eigenvalue weighted by Crippen LogP contribution is 2.18. The Morgan fingerprint density at radius 3 is 2.90 bits per heavy atom. The average molecular weight is 308 g/mol. The summed E-state index contributed by atoms with van der Waals surface area (Å²) >= 11 is 1.26. The highest BCUT2D eigenvalue weighted by Gasteiger charge is 2.22. The molecule has 2 amide bonds. The van der Waals surface area contributed by atoms with Crippen LogP contribution >= 0.6 is 11.8 Å². The van der Waals surface area contributed by atoms with E-state index in [0.29, 0.717) is 19.7 Å². The molecule has 1 N–H and O–H groups in total. The Hall–Kier alpha value is -1.69. The Balaban J connectivity index is 1.67. The molecule has 1 aliphatic heterocycles. The largest absolute Gasteiger partial charge is 0.491 e. The Labute approximate surface area is 129 Å². The number of hydrogen-bond donors (Lipinski definition) is 1. The van der Waals surface area contributed by atoms with Crippen LogP contribution in [0.2, 0.25) is 0 Å². The molecule has 1 aromatic rings. The van der Waals surface area contributed by atoms with Gasteiger partial charge in [-0.25, -0.2) is 0 Å². The van der Waals surface area contributed by atoms with Crippen molar-refractivity contribution in [2.45, 2.75) is 13.8 Å². The standard InChI is InChI=1S/C15H20N2O3S/c1-11-3-4-13(12(2)9-11)20-7-5-16-14(18)10-17-6-8-21-15(17)19/h3-4,9H,5-8,10H2,1-2H3,(H,16,18). The maximum absolute atomic E-state index is 11.7. The minimum atomic E-state index is -0.143. The van der Waals surface area contributed by atoms with Gasteiger partial charge >= 0.3 is 0 Å². The molecule has 114 valence electrons. The summed E-state index contributed by atoms with van der Waals surface area (Å²) < 4.78 is 5.63. The molecule has 2 rings (SSSR count). The van der Waals surface area contributed by atoms with Crippen LogP contribution in [-0.4, -0.2) is 48.0 Å². The molecule has 0 aromatic heterocycles. The molecule has 0 bridgehead atoms. The normalized spacial score (nSPS) is 14.4. The van der Waals surface area contributed by atoms with Gasteiger partial charge in [-0.1, -0.05) is 29.5 Å². The predicted molar refractivity (Wildman–Crippen MR) is 83.8 cm³/mol. The summed E-state index contributed by atoms with van der Waals surface area (Å²) in [4.78, 5) is 24.6. The SMILES string of the molecule is Cc1ccc(OCCNC(=O)CN2CCSC2=O)c(C)c1. The van der Waals surface area contributed by atoms with Crippen LogP contribution in [0, 0.1) is 13.8 Å². The third kappa shape index (κ3) is 4.67. The zero-order chi connectivity index (χ0) is 15.2. The zero-order valence-electron chi connectivity index (χ0n) is 12.3. The summed E-state index contributed by atoms with van der Waals surface area (Å²) in [5, 5.41) is 2.75. The number of amides is 2. The average Bonchev–Trinajstić information content (AvgIpc) is 2.82. The fraction of sp³-hybridized carbons (Fsp3) is 0.467. The molecule has 0 saturated carbocycles. The van der Waals surface area contributed by atoms with Crippen LogP contribution in [0.4, 0.5) is 4.79 Å². The van der Waals surface area contributed by atoms with Crippen molar-refractivity contribution in [3.8, 4) is 5.75 Å². The van der Waals surface area contributed by atoms with Crippen LogP contribution in [0.15, 0.2) is 18.2 Å². The summed E-state index contributed by atoms with van der Waals surface area (Å²) in [6.07, 6.45) is 0. The number of carbonyl (C=O) groups excluding carboxylic acids is 2. The second-order valence-electron chi connectivity index (χ2n) is 5.00. The van der Waals surface area contributed by atoms with Gasteiger partial charge in [0.2, 0.25) is 5.91 Å². The van der Waals surface area contributed by atoms with Crippen LogP contribution in [-0.2, 0) is 4.79 Å². The minimum Gasteiger partial charge on any atom is -0.491 e. The van der Waals surface area contributed by atoms with Crippen LogP contribution in [0.25, 0.3) is 0 Å². The summed E-state index contributed by atoms with van der Waals surface area (Å²) in [7, 11) is 0. The number of thioether (sulfide) groups is 1. The fourth-order valence-corrected chi connectivity index (χ4v) is 2.94. The van der Waals surface area contributed by atoms with E-state index in [9.17, 15) is 9.59 Å². The maximum atomic E-state index is 11.7. The number of rotatable bonds is 6. The topological polar surface area (TPSA) is 58.6 Å². The molecule has 6 heteroatoms. The van der Waals surface area contributed by atoms with Gasteiger partial charge in [0.25, 0.3) is 5.24 Å². The number of hydrogen-bond acceptors (Lipinski definition) is 4. The first-order valence-electron chi connectivity index (χ1n) is 6.95. The van der Waals surface area contributed by atoms with E-state index in [4.69, 9.17) is 4.74 Å². The number of nitrogens with one attached hydrogen (secondary N) is 1. The molecule has 0 aliphatic carbocycles. The van der Waals surface area contributed by atoms with Gasteiger partial charge in [-0.3, -0.25) is 9.59 Å². The van der Waals surface area contributed by atoms with E-state index < -0.39 is 0 Å². The van der Waals surface area contributed by atoms with Crippen molar-refractivity contribution in [2.24, 2.45) is 0 Å². The molecule has 1 fully saturated rings. The van der Waals surface area contributed by atoms with Gasteiger partial charge in [0, 0.05) is 12.3 Å². The van der Waals surface area contributed by atoms with Crippen molar-refractivity contribution in [1.29, 1.82) is 0 Å². The second kappa shape index (κ2) is 7.36. The quantitative estimate of drug-likeness (QED) is 0.816. The Morgan fingerprint density at radius 1 is 1.43 bits per heavy atom. The first kappa shape index (κ1) is 15.7. The van der Waals surface area contributed by atoms with E-state index in [-0.39, 0.29) is 17.7 Å². The molecule has 21 heavy (non-hydrogen) atoms. The first-order chi connectivity index (χ1) is 10.1. The number of aryl methyl sites for hydroxylation is 2. The van der Waals surface area contributed by atoms with Gasteiger partial charge in [-0.2, -0.15) is 0 Å². The monoisotopic (exact) mass is 308 g/mol. The number of carbonyl (C=O) groups is 2. The molecule has 0 unspecified atom stereocenters. The van der Waals surface area contributed by atoms with E-state index in [1.807, 2.05) is 26.0 Å². The van der Waals surface area contributed by atoms with Crippen molar-refractivity contribution < 1.29 is 14.3 Å². The third-order valence-corrected chi connectivity index (χ3v) is 4.08. The van der Waals surface area contributed by atoms with E-state index >= 15 is 0 Å². The van der Waals surface area contributed by atoms with Gasteiger partial charge in [-0.05, 0) is 25.5 Å². The van der Waals surface area contributed by atoms with Crippen molar-refractivity contribution in [1.82, 2.24) is 10.2 Å². The molecule has 5 nitrogen and oxygen atoms in total. The van der Waals surface area contributed by atoms with Crippen molar-refractivity contribution in [3.63, 3.8) is 0 Å². The molecule has 0 atom stereocenters. The lowest BCUT2D eigenvalue weighted by molar-refractivity contribution is -0.121. The van der Waals surface area contributed by atoms with E-state index in [1.165, 1.54) is 17.3 Å². The summed E-state index contributed by atoms with van der Waals surface area (Å²) in [5.41, 5.74) is 2.28. The Morgan fingerprint density at radius 2 is 2.24 bits per heavy atom. The smallest absolute Gasteiger partial charge is 0.282 e. The first-order valence-corrected chi connectivity index (χ1v) is 7.93. The number of nitrogens with zero attached hydrogens (tertiary/aromatic N) is 1. The molecule has 1 saturated heterocycles. The third-order valence-electron chi connectivity index (χ3n) is 3.19.